The molecule has 0 spiro atoms. The minimum atomic E-state index is 0.166. The summed E-state index contributed by atoms with van der Waals surface area (Å²) in [6, 6.07) is 6.46. The van der Waals surface area contributed by atoms with Gasteiger partial charge in [0.15, 0.2) is 0 Å². The van der Waals surface area contributed by atoms with E-state index in [2.05, 4.69) is 40.2 Å². The first-order valence-electron chi connectivity index (χ1n) is 4.42. The predicted octanol–water partition coefficient (Wildman–Crippen LogP) is 2.74. The van der Waals surface area contributed by atoms with Gasteiger partial charge in [-0.1, -0.05) is 34.1 Å². The van der Waals surface area contributed by atoms with Crippen LogP contribution in [0.5, 0.6) is 0 Å². The molecule has 1 aliphatic carbocycles. The maximum Gasteiger partial charge on any atom is 0.0250 e. The molecule has 13 heavy (non-hydrogen) atoms. The summed E-state index contributed by atoms with van der Waals surface area (Å²) in [6.45, 7) is 2.03. The van der Waals surface area contributed by atoms with Crippen LogP contribution in [0.15, 0.2) is 28.2 Å². The van der Waals surface area contributed by atoms with Gasteiger partial charge in [-0.15, -0.1) is 0 Å². The molecule has 0 bridgehead atoms. The highest BCUT2D eigenvalue weighted by atomic mass is 79.9. The van der Waals surface area contributed by atoms with Gasteiger partial charge in [-0.05, 0) is 36.1 Å². The molecular formula is C11H12BrN. The van der Waals surface area contributed by atoms with Crippen molar-refractivity contribution in [1.82, 2.24) is 0 Å². The van der Waals surface area contributed by atoms with Gasteiger partial charge < -0.3 is 5.73 Å². The van der Waals surface area contributed by atoms with Crippen LogP contribution in [0.3, 0.4) is 0 Å². The van der Waals surface area contributed by atoms with E-state index in [1.54, 1.807) is 0 Å². The standard InChI is InChI=1S/C11H12BrN/c1-7(13)9-5-8-3-2-4-11(12)10(8)6-9/h2-4,6-7H,5,13H2,1H3. The molecular weight excluding hydrogens is 226 g/mol. The monoisotopic (exact) mass is 237 g/mol. The van der Waals surface area contributed by atoms with Crippen LogP contribution >= 0.6 is 15.9 Å². The summed E-state index contributed by atoms with van der Waals surface area (Å²) in [6.07, 6.45) is 3.20. The van der Waals surface area contributed by atoms with E-state index in [1.165, 1.54) is 21.2 Å². The lowest BCUT2D eigenvalue weighted by atomic mass is 10.1. The predicted molar refractivity (Wildman–Crippen MR) is 59.5 cm³/mol. The molecule has 1 nitrogen and oxygen atoms in total. The molecule has 2 heteroatoms. The Morgan fingerprint density at radius 3 is 2.85 bits per heavy atom. The van der Waals surface area contributed by atoms with Crippen molar-refractivity contribution in [1.29, 1.82) is 0 Å². The lowest BCUT2D eigenvalue weighted by Gasteiger charge is -2.04. The number of hydrogen-bond donors (Lipinski definition) is 1. The largest absolute Gasteiger partial charge is 0.324 e. The van der Waals surface area contributed by atoms with Crippen LogP contribution in [0.25, 0.3) is 6.08 Å². The van der Waals surface area contributed by atoms with Crippen LogP contribution in [0.1, 0.15) is 18.1 Å². The van der Waals surface area contributed by atoms with Crippen LogP contribution in [-0.2, 0) is 6.42 Å². The topological polar surface area (TPSA) is 26.0 Å². The van der Waals surface area contributed by atoms with Gasteiger partial charge in [0.05, 0.1) is 0 Å². The van der Waals surface area contributed by atoms with Crippen molar-refractivity contribution < 1.29 is 0 Å². The van der Waals surface area contributed by atoms with Crippen molar-refractivity contribution in [2.24, 2.45) is 5.73 Å². The Morgan fingerprint density at radius 1 is 1.46 bits per heavy atom. The molecule has 2 rings (SSSR count). The molecule has 1 atom stereocenters. The number of benzene rings is 1. The lowest BCUT2D eigenvalue weighted by Crippen LogP contribution is -2.17. The first-order chi connectivity index (χ1) is 6.18. The van der Waals surface area contributed by atoms with Crippen LogP contribution < -0.4 is 5.73 Å². The highest BCUT2D eigenvalue weighted by molar-refractivity contribution is 9.10. The maximum absolute atomic E-state index is 5.84. The SMILES string of the molecule is CC(N)C1=Cc2c(Br)cccc2C1. The normalized spacial score (nSPS) is 16.7. The molecule has 1 unspecified atom stereocenters. The van der Waals surface area contributed by atoms with Crippen molar-refractivity contribution in [3.8, 4) is 0 Å². The van der Waals surface area contributed by atoms with Crippen molar-refractivity contribution in [2.45, 2.75) is 19.4 Å². The average molecular weight is 238 g/mol. The molecule has 1 aromatic rings. The van der Waals surface area contributed by atoms with E-state index in [0.717, 1.165) is 6.42 Å². The fraction of sp³-hybridized carbons (Fsp3) is 0.273. The highest BCUT2D eigenvalue weighted by Crippen LogP contribution is 2.31. The van der Waals surface area contributed by atoms with E-state index >= 15 is 0 Å². The van der Waals surface area contributed by atoms with E-state index in [0.29, 0.717) is 0 Å². The van der Waals surface area contributed by atoms with Gasteiger partial charge in [0.2, 0.25) is 0 Å². The first-order valence-corrected chi connectivity index (χ1v) is 5.21. The second kappa shape index (κ2) is 3.28. The third-order valence-corrected chi connectivity index (χ3v) is 3.14. The second-order valence-electron chi connectivity index (χ2n) is 3.50. The second-order valence-corrected chi connectivity index (χ2v) is 4.35. The van der Waals surface area contributed by atoms with Gasteiger partial charge in [0.25, 0.3) is 0 Å². The Hall–Kier alpha value is -0.600. The third kappa shape index (κ3) is 1.56. The van der Waals surface area contributed by atoms with E-state index < -0.39 is 0 Å². The molecule has 68 valence electrons. The van der Waals surface area contributed by atoms with Crippen molar-refractivity contribution >= 4 is 22.0 Å². The van der Waals surface area contributed by atoms with E-state index in [9.17, 15) is 0 Å². The van der Waals surface area contributed by atoms with E-state index in [1.807, 2.05) is 6.92 Å². The first kappa shape index (κ1) is 8.97. The van der Waals surface area contributed by atoms with E-state index in [4.69, 9.17) is 5.73 Å². The number of halogens is 1. The quantitative estimate of drug-likeness (QED) is 0.799. The minimum Gasteiger partial charge on any atom is -0.324 e. The molecule has 0 aliphatic heterocycles. The molecule has 0 saturated carbocycles. The zero-order chi connectivity index (χ0) is 9.42. The number of rotatable bonds is 1. The molecule has 0 heterocycles. The average Bonchev–Trinajstić information content (AvgIpc) is 2.49. The van der Waals surface area contributed by atoms with Gasteiger partial charge >= 0.3 is 0 Å². The summed E-state index contributed by atoms with van der Waals surface area (Å²) >= 11 is 3.54. The Morgan fingerprint density at radius 2 is 2.23 bits per heavy atom. The van der Waals surface area contributed by atoms with E-state index in [-0.39, 0.29) is 6.04 Å². The van der Waals surface area contributed by atoms with Crippen LogP contribution in [-0.4, -0.2) is 6.04 Å². The van der Waals surface area contributed by atoms with Crippen molar-refractivity contribution in [3.63, 3.8) is 0 Å². The lowest BCUT2D eigenvalue weighted by molar-refractivity contribution is 0.841. The molecule has 0 amide bonds. The van der Waals surface area contributed by atoms with Gasteiger partial charge in [0.1, 0.15) is 0 Å². The van der Waals surface area contributed by atoms with Crippen LogP contribution in [0.4, 0.5) is 0 Å². The van der Waals surface area contributed by atoms with Gasteiger partial charge in [-0.3, -0.25) is 0 Å². The van der Waals surface area contributed by atoms with Crippen LogP contribution in [0.2, 0.25) is 0 Å². The van der Waals surface area contributed by atoms with Gasteiger partial charge in [-0.25, -0.2) is 0 Å². The number of hydrogen-bond acceptors (Lipinski definition) is 1. The summed E-state index contributed by atoms with van der Waals surface area (Å²) in [5.41, 5.74) is 9.84. The fourth-order valence-electron chi connectivity index (χ4n) is 1.65. The Balaban J connectivity index is 2.43. The summed E-state index contributed by atoms with van der Waals surface area (Å²) in [7, 11) is 0. The van der Waals surface area contributed by atoms with Crippen molar-refractivity contribution in [3.05, 3.63) is 39.4 Å². The molecule has 0 saturated heterocycles. The smallest absolute Gasteiger partial charge is 0.0250 e. The molecule has 1 aromatic carbocycles. The Bertz CT molecular complexity index is 366. The highest BCUT2D eigenvalue weighted by Gasteiger charge is 2.16. The third-order valence-electron chi connectivity index (χ3n) is 2.45. The summed E-state index contributed by atoms with van der Waals surface area (Å²) in [5.74, 6) is 0. The van der Waals surface area contributed by atoms with Gasteiger partial charge in [0, 0.05) is 10.5 Å². The van der Waals surface area contributed by atoms with Gasteiger partial charge in [-0.2, -0.15) is 0 Å². The zero-order valence-electron chi connectivity index (χ0n) is 7.55. The fourth-order valence-corrected chi connectivity index (χ4v) is 2.17. The molecule has 0 radical (unpaired) electrons. The summed E-state index contributed by atoms with van der Waals surface area (Å²) in [4.78, 5) is 0. The maximum atomic E-state index is 5.84. The number of fused-ring (bicyclic) bond motifs is 1. The van der Waals surface area contributed by atoms with Crippen LogP contribution in [0, 0.1) is 0 Å². The zero-order valence-corrected chi connectivity index (χ0v) is 9.14. The number of nitrogens with two attached hydrogens (primary N) is 1. The molecule has 0 fully saturated rings. The summed E-state index contributed by atoms with van der Waals surface area (Å²) < 4.78 is 1.17. The Labute approximate surface area is 86.8 Å². The summed E-state index contributed by atoms with van der Waals surface area (Å²) in [5, 5.41) is 0. The molecule has 0 aromatic heterocycles. The molecule has 1 aliphatic rings. The molecule has 2 N–H and O–H groups in total. The Kier molecular flexibility index (Phi) is 2.26. The van der Waals surface area contributed by atoms with Crippen molar-refractivity contribution in [2.75, 3.05) is 0 Å². The minimum absolute atomic E-state index is 0.166.